The number of benzene rings is 1. The molecule has 0 atom stereocenters. The summed E-state index contributed by atoms with van der Waals surface area (Å²) in [6.07, 6.45) is 8.77. The molecule has 2 aliphatic carbocycles. The number of hydrogen-bond donors (Lipinski definition) is 4. The average Bonchev–Trinajstić information content (AvgIpc) is 3.69. The quantitative estimate of drug-likeness (QED) is 0.409. The Labute approximate surface area is 204 Å². The van der Waals surface area contributed by atoms with Crippen molar-refractivity contribution in [2.75, 3.05) is 10.6 Å². The molecule has 0 saturated heterocycles. The van der Waals surface area contributed by atoms with Crippen LogP contribution in [0.2, 0.25) is 0 Å². The van der Waals surface area contributed by atoms with Crippen LogP contribution in [-0.4, -0.2) is 44.2 Å². The van der Waals surface area contributed by atoms with E-state index in [1.165, 1.54) is 0 Å². The number of aromatic nitrogens is 3. The lowest BCUT2D eigenvalue weighted by atomic mass is 9.93. The zero-order valence-electron chi connectivity index (χ0n) is 19.4. The normalized spacial score (nSPS) is 19.2. The molecule has 178 valence electrons. The molecule has 0 bridgehead atoms. The number of nitrogens with one attached hydrogen (secondary N) is 3. The van der Waals surface area contributed by atoms with E-state index in [-0.39, 0.29) is 12.0 Å². The molecule has 8 nitrogen and oxygen atoms in total. The van der Waals surface area contributed by atoms with E-state index in [0.717, 1.165) is 55.6 Å². The predicted octanol–water partition coefficient (Wildman–Crippen LogP) is 3.62. The summed E-state index contributed by atoms with van der Waals surface area (Å²) in [5.74, 6) is 7.33. The van der Waals surface area contributed by atoms with E-state index in [4.69, 9.17) is 0 Å². The van der Waals surface area contributed by atoms with E-state index in [1.807, 2.05) is 30.3 Å². The third-order valence-corrected chi connectivity index (χ3v) is 6.11. The number of rotatable bonds is 6. The van der Waals surface area contributed by atoms with Gasteiger partial charge in [0.2, 0.25) is 5.95 Å². The van der Waals surface area contributed by atoms with Gasteiger partial charge >= 0.3 is 0 Å². The summed E-state index contributed by atoms with van der Waals surface area (Å²) in [7, 11) is 0. The Morgan fingerprint density at radius 1 is 0.886 bits per heavy atom. The van der Waals surface area contributed by atoms with E-state index in [9.17, 15) is 9.90 Å². The minimum Gasteiger partial charge on any atom is -0.393 e. The van der Waals surface area contributed by atoms with Crippen molar-refractivity contribution in [1.29, 1.82) is 0 Å². The Morgan fingerprint density at radius 3 is 2.40 bits per heavy atom. The van der Waals surface area contributed by atoms with Gasteiger partial charge in [0.1, 0.15) is 11.5 Å². The van der Waals surface area contributed by atoms with Gasteiger partial charge in [0.15, 0.2) is 0 Å². The van der Waals surface area contributed by atoms with Crippen molar-refractivity contribution in [1.82, 2.24) is 20.3 Å². The van der Waals surface area contributed by atoms with E-state index in [1.54, 1.807) is 24.5 Å². The standard InChI is InChI=1S/C27H28N6O2/c34-24-11-9-20(10-12-24)30-25-14-16-29-27(33-25)32-22-4-1-18(2-5-22)3-6-23-17-19(13-15-28-23)26(35)31-21-7-8-21/h1-2,4-5,13-17,20-21,24,34H,7-12H2,(H,31,35)(H2,29,30,32,33). The topological polar surface area (TPSA) is 112 Å². The van der Waals surface area contributed by atoms with E-state index in [2.05, 4.69) is 42.7 Å². The number of carbonyl (C=O) groups is 1. The molecule has 35 heavy (non-hydrogen) atoms. The van der Waals surface area contributed by atoms with Crippen molar-refractivity contribution in [3.8, 4) is 11.8 Å². The fraction of sp³-hybridized carbons (Fsp3) is 0.333. The van der Waals surface area contributed by atoms with Crippen molar-refractivity contribution in [2.45, 2.75) is 56.7 Å². The fourth-order valence-corrected chi connectivity index (χ4v) is 3.97. The Kier molecular flexibility index (Phi) is 6.87. The highest BCUT2D eigenvalue weighted by molar-refractivity contribution is 5.94. The number of aliphatic hydroxyl groups excluding tert-OH is 1. The highest BCUT2D eigenvalue weighted by atomic mass is 16.3. The van der Waals surface area contributed by atoms with E-state index >= 15 is 0 Å². The van der Waals surface area contributed by atoms with Crippen LogP contribution < -0.4 is 16.0 Å². The monoisotopic (exact) mass is 468 g/mol. The Bertz CT molecular complexity index is 1240. The molecule has 0 aliphatic heterocycles. The average molecular weight is 469 g/mol. The minimum atomic E-state index is -0.178. The largest absolute Gasteiger partial charge is 0.393 e. The highest BCUT2D eigenvalue weighted by Crippen LogP contribution is 2.22. The van der Waals surface area contributed by atoms with Crippen LogP contribution in [0.15, 0.2) is 54.9 Å². The maximum absolute atomic E-state index is 12.2. The number of nitrogens with zero attached hydrogens (tertiary/aromatic N) is 3. The number of pyridine rings is 1. The van der Waals surface area contributed by atoms with E-state index < -0.39 is 0 Å². The summed E-state index contributed by atoms with van der Waals surface area (Å²) in [6.45, 7) is 0. The molecule has 0 radical (unpaired) electrons. The fourth-order valence-electron chi connectivity index (χ4n) is 3.97. The second-order valence-corrected chi connectivity index (χ2v) is 9.05. The first-order valence-electron chi connectivity index (χ1n) is 12.0. The van der Waals surface area contributed by atoms with Crippen molar-refractivity contribution in [3.63, 3.8) is 0 Å². The number of amides is 1. The van der Waals surface area contributed by atoms with Crippen LogP contribution in [0, 0.1) is 11.8 Å². The molecule has 4 N–H and O–H groups in total. The number of anilines is 3. The summed E-state index contributed by atoms with van der Waals surface area (Å²) < 4.78 is 0. The zero-order chi connectivity index (χ0) is 24.0. The molecule has 0 spiro atoms. The van der Waals surface area contributed by atoms with Crippen molar-refractivity contribution >= 4 is 23.4 Å². The zero-order valence-corrected chi connectivity index (χ0v) is 19.4. The van der Waals surface area contributed by atoms with Crippen LogP contribution >= 0.6 is 0 Å². The van der Waals surface area contributed by atoms with Crippen LogP contribution in [-0.2, 0) is 0 Å². The lowest BCUT2D eigenvalue weighted by Gasteiger charge is -2.26. The first-order chi connectivity index (χ1) is 17.1. The number of carbonyl (C=O) groups excluding carboxylic acids is 1. The first-order valence-corrected chi connectivity index (χ1v) is 12.0. The second kappa shape index (κ2) is 10.5. The Balaban J connectivity index is 1.19. The maximum atomic E-state index is 12.2. The van der Waals surface area contributed by atoms with Crippen LogP contribution in [0.5, 0.6) is 0 Å². The molecule has 2 saturated carbocycles. The van der Waals surface area contributed by atoms with Gasteiger partial charge in [-0.1, -0.05) is 5.92 Å². The van der Waals surface area contributed by atoms with Gasteiger partial charge in [0.25, 0.3) is 5.91 Å². The summed E-state index contributed by atoms with van der Waals surface area (Å²) in [6, 6.07) is 13.6. The van der Waals surface area contributed by atoms with Gasteiger partial charge < -0.3 is 21.1 Å². The number of hydrogen-bond acceptors (Lipinski definition) is 7. The molecular weight excluding hydrogens is 440 g/mol. The minimum absolute atomic E-state index is 0.0765. The van der Waals surface area contributed by atoms with Crippen molar-refractivity contribution < 1.29 is 9.90 Å². The molecule has 0 unspecified atom stereocenters. The molecule has 5 rings (SSSR count). The van der Waals surface area contributed by atoms with Gasteiger partial charge in [-0.2, -0.15) is 4.98 Å². The van der Waals surface area contributed by atoms with Crippen molar-refractivity contribution in [3.05, 3.63) is 71.7 Å². The summed E-state index contributed by atoms with van der Waals surface area (Å²) in [4.78, 5) is 25.4. The first kappa shape index (κ1) is 22.8. The predicted molar refractivity (Wildman–Crippen MR) is 134 cm³/mol. The molecular formula is C27H28N6O2. The SMILES string of the molecule is O=C(NC1CC1)c1ccnc(C#Cc2ccc(Nc3nccc(NC4CCC(O)CC4)n3)cc2)c1. The molecule has 1 amide bonds. The second-order valence-electron chi connectivity index (χ2n) is 9.05. The van der Waals surface area contributed by atoms with Crippen LogP contribution in [0.25, 0.3) is 0 Å². The third-order valence-electron chi connectivity index (χ3n) is 6.11. The Morgan fingerprint density at radius 2 is 1.63 bits per heavy atom. The number of aliphatic hydroxyl groups is 1. The maximum Gasteiger partial charge on any atom is 0.251 e. The van der Waals surface area contributed by atoms with Crippen LogP contribution in [0.4, 0.5) is 17.5 Å². The highest BCUT2D eigenvalue weighted by Gasteiger charge is 2.23. The third kappa shape index (κ3) is 6.55. The molecule has 2 fully saturated rings. The summed E-state index contributed by atoms with van der Waals surface area (Å²) >= 11 is 0. The Hall–Kier alpha value is -3.96. The van der Waals surface area contributed by atoms with Gasteiger partial charge in [-0.3, -0.25) is 4.79 Å². The molecule has 3 aromatic rings. The molecule has 8 heteroatoms. The van der Waals surface area contributed by atoms with Gasteiger partial charge in [0, 0.05) is 41.3 Å². The molecule has 2 heterocycles. The summed E-state index contributed by atoms with van der Waals surface area (Å²) in [5, 5.41) is 19.3. The van der Waals surface area contributed by atoms with Gasteiger partial charge in [-0.05, 0) is 86.9 Å². The van der Waals surface area contributed by atoms with Crippen molar-refractivity contribution in [2.24, 2.45) is 0 Å². The lowest BCUT2D eigenvalue weighted by Crippen LogP contribution is -2.28. The van der Waals surface area contributed by atoms with Gasteiger partial charge in [0.05, 0.1) is 6.10 Å². The van der Waals surface area contributed by atoms with Gasteiger partial charge in [-0.25, -0.2) is 9.97 Å². The van der Waals surface area contributed by atoms with E-state index in [0.29, 0.717) is 29.3 Å². The lowest BCUT2D eigenvalue weighted by molar-refractivity contribution is 0.0951. The van der Waals surface area contributed by atoms with Crippen LogP contribution in [0.3, 0.4) is 0 Å². The molecule has 2 aliphatic rings. The smallest absolute Gasteiger partial charge is 0.251 e. The van der Waals surface area contributed by atoms with Gasteiger partial charge in [-0.15, -0.1) is 0 Å². The summed E-state index contributed by atoms with van der Waals surface area (Å²) in [5.41, 5.74) is 2.82. The molecule has 1 aromatic carbocycles. The molecule has 2 aromatic heterocycles. The van der Waals surface area contributed by atoms with Crippen LogP contribution in [0.1, 0.15) is 60.1 Å².